The van der Waals surface area contributed by atoms with Crippen molar-refractivity contribution in [3.05, 3.63) is 0 Å². The third kappa shape index (κ3) is 2.47. The van der Waals surface area contributed by atoms with Crippen LogP contribution in [0.1, 0.15) is 41.5 Å². The van der Waals surface area contributed by atoms with Gasteiger partial charge in [-0.15, -0.1) is 0 Å². The first-order valence-electron chi connectivity index (χ1n) is 4.87. The van der Waals surface area contributed by atoms with Gasteiger partial charge in [0.05, 0.1) is 16.9 Å². The van der Waals surface area contributed by atoms with E-state index in [4.69, 9.17) is 5.26 Å². The summed E-state index contributed by atoms with van der Waals surface area (Å²) < 4.78 is 0. The predicted octanol–water partition coefficient (Wildman–Crippen LogP) is 2.09. The fourth-order valence-corrected chi connectivity index (χ4v) is 0.866. The Labute approximate surface area is 86.5 Å². The van der Waals surface area contributed by atoms with Crippen LogP contribution in [0.3, 0.4) is 0 Å². The normalized spacial score (nSPS) is 12.4. The van der Waals surface area contributed by atoms with E-state index in [0.717, 1.165) is 0 Å². The van der Waals surface area contributed by atoms with E-state index >= 15 is 0 Å². The van der Waals surface area contributed by atoms with Crippen molar-refractivity contribution in [2.45, 2.75) is 47.6 Å². The van der Waals surface area contributed by atoms with Crippen LogP contribution in [0, 0.1) is 22.2 Å². The quantitative estimate of drug-likeness (QED) is 0.751. The number of rotatable bonds is 3. The largest absolute Gasteiger partial charge is 0.353 e. The fourth-order valence-electron chi connectivity index (χ4n) is 0.866. The molecule has 3 nitrogen and oxygen atoms in total. The Morgan fingerprint density at radius 2 is 1.71 bits per heavy atom. The smallest absolute Gasteiger partial charge is 0.227 e. The van der Waals surface area contributed by atoms with Gasteiger partial charge >= 0.3 is 0 Å². The van der Waals surface area contributed by atoms with Crippen molar-refractivity contribution in [2.75, 3.05) is 0 Å². The van der Waals surface area contributed by atoms with E-state index in [2.05, 4.69) is 11.4 Å². The molecular weight excluding hydrogens is 176 g/mol. The zero-order chi connectivity index (χ0) is 11.6. The molecule has 1 N–H and O–H groups in total. The minimum atomic E-state index is -0.675. The molecular formula is C11H20N2O. The van der Waals surface area contributed by atoms with Gasteiger partial charge in [-0.3, -0.25) is 4.79 Å². The first-order chi connectivity index (χ1) is 6.15. The summed E-state index contributed by atoms with van der Waals surface area (Å²) in [5.74, 6) is -0.0703. The Kier molecular flexibility index (Phi) is 3.70. The van der Waals surface area contributed by atoms with Crippen LogP contribution in [-0.2, 0) is 4.79 Å². The lowest BCUT2D eigenvalue weighted by Gasteiger charge is -2.35. The number of carbonyl (C=O) groups is 1. The summed E-state index contributed by atoms with van der Waals surface area (Å²) >= 11 is 0. The van der Waals surface area contributed by atoms with Crippen molar-refractivity contribution in [1.82, 2.24) is 5.32 Å². The Hall–Kier alpha value is -1.04. The van der Waals surface area contributed by atoms with Crippen LogP contribution in [0.4, 0.5) is 0 Å². The maximum atomic E-state index is 11.8. The molecule has 1 amide bonds. The number of nitrogens with zero attached hydrogens (tertiary/aromatic N) is 1. The number of carbonyl (C=O) groups excluding carboxylic acids is 1. The van der Waals surface area contributed by atoms with Gasteiger partial charge in [0.2, 0.25) is 5.91 Å². The van der Waals surface area contributed by atoms with Crippen LogP contribution >= 0.6 is 0 Å². The average Bonchev–Trinajstić information content (AvgIpc) is 2.02. The highest BCUT2D eigenvalue weighted by Gasteiger charge is 2.43. The molecule has 0 saturated heterocycles. The summed E-state index contributed by atoms with van der Waals surface area (Å²) in [7, 11) is 0. The summed E-state index contributed by atoms with van der Waals surface area (Å²) in [6.45, 7) is 11.0. The molecule has 0 aliphatic rings. The lowest BCUT2D eigenvalue weighted by molar-refractivity contribution is -0.134. The molecule has 0 aromatic heterocycles. The Balaban J connectivity index is 4.80. The van der Waals surface area contributed by atoms with E-state index in [1.165, 1.54) is 0 Å². The molecule has 14 heavy (non-hydrogen) atoms. The second-order valence-corrected chi connectivity index (χ2v) is 4.99. The molecule has 0 aliphatic carbocycles. The minimum Gasteiger partial charge on any atom is -0.353 e. The third-order valence-electron chi connectivity index (χ3n) is 2.83. The van der Waals surface area contributed by atoms with Crippen molar-refractivity contribution in [1.29, 1.82) is 5.26 Å². The molecule has 80 valence electrons. The SMILES string of the molecule is CC(C)NC(=O)C(C)(C)C(C)(C)C#N. The zero-order valence-corrected chi connectivity index (χ0v) is 9.93. The van der Waals surface area contributed by atoms with Crippen LogP contribution in [-0.4, -0.2) is 11.9 Å². The van der Waals surface area contributed by atoms with Gasteiger partial charge in [-0.05, 0) is 41.5 Å². The lowest BCUT2D eigenvalue weighted by atomic mass is 9.68. The Morgan fingerprint density at radius 1 is 1.29 bits per heavy atom. The molecule has 0 atom stereocenters. The number of nitriles is 1. The van der Waals surface area contributed by atoms with Gasteiger partial charge in [-0.1, -0.05) is 0 Å². The zero-order valence-electron chi connectivity index (χ0n) is 9.93. The highest BCUT2D eigenvalue weighted by atomic mass is 16.2. The molecule has 0 radical (unpaired) electrons. The summed E-state index contributed by atoms with van der Waals surface area (Å²) in [6.07, 6.45) is 0. The third-order valence-corrected chi connectivity index (χ3v) is 2.83. The van der Waals surface area contributed by atoms with E-state index in [1.807, 2.05) is 13.8 Å². The molecule has 0 fully saturated rings. The monoisotopic (exact) mass is 196 g/mol. The van der Waals surface area contributed by atoms with Crippen molar-refractivity contribution in [2.24, 2.45) is 10.8 Å². The maximum absolute atomic E-state index is 11.8. The fraction of sp³-hybridized carbons (Fsp3) is 0.818. The van der Waals surface area contributed by atoms with E-state index < -0.39 is 10.8 Å². The number of hydrogen-bond donors (Lipinski definition) is 1. The van der Waals surface area contributed by atoms with E-state index in [0.29, 0.717) is 0 Å². The molecule has 0 heterocycles. The molecule has 3 heteroatoms. The highest BCUT2D eigenvalue weighted by molar-refractivity contribution is 5.83. The Bertz CT molecular complexity index is 259. The van der Waals surface area contributed by atoms with Gasteiger partial charge in [0, 0.05) is 6.04 Å². The highest BCUT2D eigenvalue weighted by Crippen LogP contribution is 2.37. The van der Waals surface area contributed by atoms with Crippen molar-refractivity contribution >= 4 is 5.91 Å². The minimum absolute atomic E-state index is 0.0703. The van der Waals surface area contributed by atoms with Crippen molar-refractivity contribution in [3.8, 4) is 6.07 Å². The summed E-state index contributed by atoms with van der Waals surface area (Å²) in [5.41, 5.74) is -1.34. The molecule has 0 saturated carbocycles. The molecule has 0 spiro atoms. The van der Waals surface area contributed by atoms with Gasteiger partial charge < -0.3 is 5.32 Å². The van der Waals surface area contributed by atoms with Crippen LogP contribution in [0.25, 0.3) is 0 Å². The summed E-state index contributed by atoms with van der Waals surface area (Å²) in [5, 5.41) is 11.8. The average molecular weight is 196 g/mol. The summed E-state index contributed by atoms with van der Waals surface area (Å²) in [4.78, 5) is 11.8. The second kappa shape index (κ2) is 4.00. The van der Waals surface area contributed by atoms with Gasteiger partial charge in [0.15, 0.2) is 0 Å². The molecule has 0 rings (SSSR count). The topological polar surface area (TPSA) is 52.9 Å². The van der Waals surface area contributed by atoms with E-state index in [-0.39, 0.29) is 11.9 Å². The van der Waals surface area contributed by atoms with E-state index in [9.17, 15) is 4.79 Å². The van der Waals surface area contributed by atoms with Gasteiger partial charge in [0.1, 0.15) is 0 Å². The molecule has 0 aliphatic heterocycles. The Morgan fingerprint density at radius 3 is 2.00 bits per heavy atom. The molecule has 0 aromatic carbocycles. The standard InChI is InChI=1S/C11H20N2O/c1-8(2)13-9(14)11(5,6)10(3,4)7-12/h8H,1-6H3,(H,13,14). The van der Waals surface area contributed by atoms with Gasteiger partial charge in [0.25, 0.3) is 0 Å². The van der Waals surface area contributed by atoms with Crippen molar-refractivity contribution < 1.29 is 4.79 Å². The second-order valence-electron chi connectivity index (χ2n) is 4.99. The number of nitrogens with one attached hydrogen (secondary N) is 1. The maximum Gasteiger partial charge on any atom is 0.227 e. The summed E-state index contributed by atoms with van der Waals surface area (Å²) in [6, 6.07) is 2.28. The predicted molar refractivity (Wildman–Crippen MR) is 56.5 cm³/mol. The van der Waals surface area contributed by atoms with Crippen LogP contribution < -0.4 is 5.32 Å². The van der Waals surface area contributed by atoms with Gasteiger partial charge in [-0.25, -0.2) is 0 Å². The number of hydrogen-bond acceptors (Lipinski definition) is 2. The van der Waals surface area contributed by atoms with Crippen molar-refractivity contribution in [3.63, 3.8) is 0 Å². The van der Waals surface area contributed by atoms with Crippen LogP contribution in [0.2, 0.25) is 0 Å². The molecule has 0 aromatic rings. The van der Waals surface area contributed by atoms with Gasteiger partial charge in [-0.2, -0.15) is 5.26 Å². The first kappa shape index (κ1) is 13.0. The molecule has 0 unspecified atom stereocenters. The van der Waals surface area contributed by atoms with E-state index in [1.54, 1.807) is 27.7 Å². The lowest BCUT2D eigenvalue weighted by Crippen LogP contribution is -2.47. The molecule has 0 bridgehead atoms. The first-order valence-corrected chi connectivity index (χ1v) is 4.87. The van der Waals surface area contributed by atoms with Crippen LogP contribution in [0.15, 0.2) is 0 Å². The number of amides is 1. The van der Waals surface area contributed by atoms with Crippen LogP contribution in [0.5, 0.6) is 0 Å².